The maximum atomic E-state index is 11.2. The molecule has 0 radical (unpaired) electrons. The average Bonchev–Trinajstić information content (AvgIpc) is 2.05. The average molecular weight is 249 g/mol. The minimum absolute atomic E-state index is 0.0245. The van der Waals surface area contributed by atoms with E-state index in [0.29, 0.717) is 6.54 Å². The van der Waals surface area contributed by atoms with E-state index in [1.54, 1.807) is 12.1 Å². The van der Waals surface area contributed by atoms with Gasteiger partial charge in [0, 0.05) is 6.54 Å². The van der Waals surface area contributed by atoms with Crippen LogP contribution in [0.2, 0.25) is 5.02 Å². The number of sulfonamides is 1. The highest BCUT2D eigenvalue weighted by atomic mass is 35.5. The lowest BCUT2D eigenvalue weighted by Crippen LogP contribution is -2.15. The second-order valence-corrected chi connectivity index (χ2v) is 5.42. The Morgan fingerprint density at radius 2 is 2.00 bits per heavy atom. The van der Waals surface area contributed by atoms with Gasteiger partial charge in [0.25, 0.3) is 0 Å². The van der Waals surface area contributed by atoms with Gasteiger partial charge in [-0.15, -0.1) is 0 Å². The number of rotatable bonds is 3. The monoisotopic (exact) mass is 248 g/mol. The predicted octanol–water partition coefficient (Wildman–Crippen LogP) is 1.05. The van der Waals surface area contributed by atoms with Crippen LogP contribution in [0.3, 0.4) is 0 Å². The van der Waals surface area contributed by atoms with Crippen molar-refractivity contribution in [1.29, 1.82) is 0 Å². The molecular formula is C9H13ClN2O2S. The van der Waals surface area contributed by atoms with Crippen LogP contribution in [0.5, 0.6) is 0 Å². The highest BCUT2D eigenvalue weighted by molar-refractivity contribution is 7.89. The highest BCUT2D eigenvalue weighted by Gasteiger charge is 2.15. The van der Waals surface area contributed by atoms with Crippen LogP contribution in [-0.4, -0.2) is 27.4 Å². The van der Waals surface area contributed by atoms with Crippen LogP contribution < -0.4 is 5.14 Å². The molecule has 0 spiro atoms. The zero-order valence-corrected chi connectivity index (χ0v) is 10.1. The third-order valence-corrected chi connectivity index (χ3v) is 3.35. The minimum atomic E-state index is -3.74. The molecule has 0 amide bonds. The van der Waals surface area contributed by atoms with E-state index in [4.69, 9.17) is 16.7 Å². The summed E-state index contributed by atoms with van der Waals surface area (Å²) in [7, 11) is 0.00765. The summed E-state index contributed by atoms with van der Waals surface area (Å²) >= 11 is 5.95. The molecule has 1 aromatic rings. The van der Waals surface area contributed by atoms with Gasteiger partial charge in [0.15, 0.2) is 0 Å². The van der Waals surface area contributed by atoms with E-state index >= 15 is 0 Å². The van der Waals surface area contributed by atoms with Crippen LogP contribution in [0, 0.1) is 0 Å². The fourth-order valence-corrected chi connectivity index (χ4v) is 2.40. The summed E-state index contributed by atoms with van der Waals surface area (Å²) in [6, 6.07) is 4.80. The first-order valence-corrected chi connectivity index (χ1v) is 6.19. The Hall–Kier alpha value is -0.620. The molecule has 0 fully saturated rings. The summed E-state index contributed by atoms with van der Waals surface area (Å²) < 4.78 is 22.3. The van der Waals surface area contributed by atoms with Crippen molar-refractivity contribution >= 4 is 21.6 Å². The van der Waals surface area contributed by atoms with Crippen molar-refractivity contribution in [2.75, 3.05) is 14.1 Å². The Kier molecular flexibility index (Phi) is 3.72. The van der Waals surface area contributed by atoms with Gasteiger partial charge in [-0.05, 0) is 25.7 Å². The van der Waals surface area contributed by atoms with Crippen LogP contribution in [0.4, 0.5) is 0 Å². The Morgan fingerprint density at radius 3 is 2.47 bits per heavy atom. The largest absolute Gasteiger partial charge is 0.305 e. The van der Waals surface area contributed by atoms with Crippen molar-refractivity contribution in [3.63, 3.8) is 0 Å². The molecule has 1 aromatic carbocycles. The van der Waals surface area contributed by atoms with Crippen LogP contribution in [0.25, 0.3) is 0 Å². The van der Waals surface area contributed by atoms with Gasteiger partial charge >= 0.3 is 0 Å². The molecule has 1 rings (SSSR count). The standard InChI is InChI=1S/C9H13ClN2O2S/c1-12(2)6-7-4-3-5-8(9(7)10)15(11,13)14/h3-5H,6H2,1-2H3,(H2,11,13,14). The molecule has 84 valence electrons. The van der Waals surface area contributed by atoms with E-state index in [1.807, 2.05) is 19.0 Å². The van der Waals surface area contributed by atoms with Gasteiger partial charge in [0.05, 0.1) is 5.02 Å². The Balaban J connectivity index is 3.24. The van der Waals surface area contributed by atoms with Crippen LogP contribution in [-0.2, 0) is 16.6 Å². The Labute approximate surface area is 94.7 Å². The number of halogens is 1. The lowest BCUT2D eigenvalue weighted by molar-refractivity contribution is 0.402. The third-order valence-electron chi connectivity index (χ3n) is 1.84. The molecule has 0 aliphatic heterocycles. The van der Waals surface area contributed by atoms with Crippen LogP contribution in [0.15, 0.2) is 23.1 Å². The molecule has 2 N–H and O–H groups in total. The molecule has 0 aliphatic rings. The number of nitrogens with two attached hydrogens (primary N) is 1. The van der Waals surface area contributed by atoms with Gasteiger partial charge in [0.2, 0.25) is 10.0 Å². The van der Waals surface area contributed by atoms with Crippen molar-refractivity contribution in [3.8, 4) is 0 Å². The quantitative estimate of drug-likeness (QED) is 0.870. The third kappa shape index (κ3) is 3.17. The van der Waals surface area contributed by atoms with E-state index in [2.05, 4.69) is 0 Å². The second kappa shape index (κ2) is 4.49. The predicted molar refractivity (Wildman–Crippen MR) is 60.2 cm³/mol. The number of nitrogens with zero attached hydrogens (tertiary/aromatic N) is 1. The lowest BCUT2D eigenvalue weighted by atomic mass is 10.2. The van der Waals surface area contributed by atoms with Gasteiger partial charge in [-0.1, -0.05) is 23.7 Å². The summed E-state index contributed by atoms with van der Waals surface area (Å²) in [5.41, 5.74) is 0.744. The molecule has 6 heteroatoms. The fourth-order valence-electron chi connectivity index (χ4n) is 1.24. The number of benzene rings is 1. The first kappa shape index (κ1) is 12.4. The highest BCUT2D eigenvalue weighted by Crippen LogP contribution is 2.24. The van der Waals surface area contributed by atoms with Crippen LogP contribution >= 0.6 is 11.6 Å². The van der Waals surface area contributed by atoms with Crippen molar-refractivity contribution in [2.45, 2.75) is 11.4 Å². The number of hydrogen-bond acceptors (Lipinski definition) is 3. The van der Waals surface area contributed by atoms with Gasteiger partial charge in [-0.3, -0.25) is 0 Å². The topological polar surface area (TPSA) is 63.4 Å². The number of primary sulfonamides is 1. The smallest absolute Gasteiger partial charge is 0.239 e. The maximum Gasteiger partial charge on any atom is 0.239 e. The Morgan fingerprint density at radius 1 is 1.40 bits per heavy atom. The van der Waals surface area contributed by atoms with Crippen molar-refractivity contribution < 1.29 is 8.42 Å². The first-order valence-electron chi connectivity index (χ1n) is 4.27. The van der Waals surface area contributed by atoms with E-state index < -0.39 is 10.0 Å². The van der Waals surface area contributed by atoms with Gasteiger partial charge in [-0.25, -0.2) is 13.6 Å². The molecule has 0 heterocycles. The fraction of sp³-hybridized carbons (Fsp3) is 0.333. The molecule has 15 heavy (non-hydrogen) atoms. The minimum Gasteiger partial charge on any atom is -0.305 e. The van der Waals surface area contributed by atoms with Gasteiger partial charge in [0.1, 0.15) is 4.90 Å². The van der Waals surface area contributed by atoms with E-state index in [-0.39, 0.29) is 9.92 Å². The summed E-state index contributed by atoms with van der Waals surface area (Å²) in [6.45, 7) is 0.572. The molecule has 0 saturated carbocycles. The molecule has 0 saturated heterocycles. The molecule has 0 aliphatic carbocycles. The molecule has 0 unspecified atom stereocenters. The second-order valence-electron chi connectivity index (χ2n) is 3.51. The van der Waals surface area contributed by atoms with E-state index in [9.17, 15) is 8.42 Å². The molecule has 0 aromatic heterocycles. The number of hydrogen-bond donors (Lipinski definition) is 1. The summed E-state index contributed by atoms with van der Waals surface area (Å²) in [4.78, 5) is 1.87. The molecule has 4 nitrogen and oxygen atoms in total. The first-order chi connectivity index (χ1) is 6.82. The zero-order valence-electron chi connectivity index (χ0n) is 8.57. The van der Waals surface area contributed by atoms with E-state index in [0.717, 1.165) is 5.56 Å². The van der Waals surface area contributed by atoms with Gasteiger partial charge in [-0.2, -0.15) is 0 Å². The molecule has 0 atom stereocenters. The molecule has 0 bridgehead atoms. The summed E-state index contributed by atoms with van der Waals surface area (Å²) in [6.07, 6.45) is 0. The van der Waals surface area contributed by atoms with Crippen molar-refractivity contribution in [1.82, 2.24) is 4.90 Å². The zero-order chi connectivity index (χ0) is 11.6. The van der Waals surface area contributed by atoms with Crippen LogP contribution in [0.1, 0.15) is 5.56 Å². The lowest BCUT2D eigenvalue weighted by Gasteiger charge is -2.12. The maximum absolute atomic E-state index is 11.2. The van der Waals surface area contributed by atoms with Gasteiger partial charge < -0.3 is 4.90 Å². The Bertz CT molecular complexity index is 457. The van der Waals surface area contributed by atoms with E-state index in [1.165, 1.54) is 6.07 Å². The van der Waals surface area contributed by atoms with Crippen molar-refractivity contribution in [3.05, 3.63) is 28.8 Å². The SMILES string of the molecule is CN(C)Cc1cccc(S(N)(=O)=O)c1Cl. The summed E-state index contributed by atoms with van der Waals surface area (Å²) in [5, 5.41) is 5.23. The molecular weight excluding hydrogens is 236 g/mol. The summed E-state index contributed by atoms with van der Waals surface area (Å²) in [5.74, 6) is 0. The normalized spacial score (nSPS) is 12.1. The van der Waals surface area contributed by atoms with Crippen molar-refractivity contribution in [2.24, 2.45) is 5.14 Å².